The molecule has 1 radical (unpaired) electrons. The number of nitrogens with zero attached hydrogens (tertiary/aromatic N) is 1. The van der Waals surface area contributed by atoms with Crippen LogP contribution >= 0.6 is 0 Å². The van der Waals surface area contributed by atoms with Crippen molar-refractivity contribution >= 4 is 0 Å². The van der Waals surface area contributed by atoms with Crippen LogP contribution in [0.1, 0.15) is 6.92 Å². The van der Waals surface area contributed by atoms with Crippen molar-refractivity contribution in [1.29, 1.82) is 5.26 Å². The normalized spacial score (nSPS) is 9.00. The Balaban J connectivity index is 0. The molecule has 0 aliphatic rings. The van der Waals surface area contributed by atoms with Crippen molar-refractivity contribution in [2.45, 2.75) is 6.92 Å². The second-order valence-electron chi connectivity index (χ2n) is 1.17. The fourth-order valence-electron chi connectivity index (χ4n) is 0.185. The summed E-state index contributed by atoms with van der Waals surface area (Å²) in [5, 5.41) is 8.09. The Morgan fingerprint density at radius 3 is 2.25 bits per heavy atom. The number of hydrogen-bond donors (Lipinski definition) is 0. The van der Waals surface area contributed by atoms with Crippen molar-refractivity contribution in [3.8, 4) is 17.9 Å². The average Bonchev–Trinajstić information content (AvgIpc) is 1.68. The first kappa shape index (κ1) is 10.9. The third-order valence-corrected chi connectivity index (χ3v) is 0.512. The Hall–Kier alpha value is 0.0239. The molecule has 0 rings (SSSR count). The van der Waals surface area contributed by atoms with Crippen molar-refractivity contribution in [2.24, 2.45) is 5.92 Å². The molecule has 1 atom stereocenters. The van der Waals surface area contributed by atoms with Gasteiger partial charge in [0.1, 0.15) is 0 Å². The van der Waals surface area contributed by atoms with E-state index >= 15 is 0 Å². The van der Waals surface area contributed by atoms with Crippen molar-refractivity contribution in [1.82, 2.24) is 0 Å². The Morgan fingerprint density at radius 2 is 2.12 bits per heavy atom. The van der Waals surface area contributed by atoms with Crippen LogP contribution in [0.2, 0.25) is 0 Å². The largest absolute Gasteiger partial charge is 0.310 e. The molecule has 39 valence electrons. The molecular weight excluding hydrogens is 175 g/mol. The van der Waals surface area contributed by atoms with Gasteiger partial charge in [-0.1, -0.05) is 6.92 Å². The first-order valence-corrected chi connectivity index (χ1v) is 1.98. The Morgan fingerprint density at radius 1 is 1.62 bits per heavy atom. The molecule has 0 aliphatic heterocycles. The van der Waals surface area contributed by atoms with Crippen molar-refractivity contribution in [3.63, 3.8) is 0 Å². The van der Waals surface area contributed by atoms with E-state index in [1.54, 1.807) is 6.92 Å². The van der Waals surface area contributed by atoms with E-state index in [4.69, 9.17) is 5.26 Å². The van der Waals surface area contributed by atoms with Crippen LogP contribution in [0.15, 0.2) is 0 Å². The van der Waals surface area contributed by atoms with E-state index in [0.717, 1.165) is 0 Å². The first-order chi connectivity index (χ1) is 3.31. The molecule has 2 heteroatoms. The van der Waals surface area contributed by atoms with E-state index in [9.17, 15) is 0 Å². The van der Waals surface area contributed by atoms with Crippen LogP contribution in [-0.2, 0) is 32.7 Å². The van der Waals surface area contributed by atoms with E-state index < -0.39 is 0 Å². The molecule has 0 spiro atoms. The average molecular weight is 181 g/mol. The van der Waals surface area contributed by atoms with Crippen molar-refractivity contribution < 1.29 is 32.7 Å². The van der Waals surface area contributed by atoms with Gasteiger partial charge in [0.05, 0.1) is 6.07 Å². The van der Waals surface area contributed by atoms with Crippen LogP contribution in [0.25, 0.3) is 0 Å². The number of nitriles is 1. The molecule has 0 saturated heterocycles. The van der Waals surface area contributed by atoms with Crippen LogP contribution in [0.3, 0.4) is 0 Å². The molecular formula is C6H6NY-. The second kappa shape index (κ2) is 7.02. The molecule has 0 aromatic rings. The van der Waals surface area contributed by atoms with Crippen LogP contribution < -0.4 is 0 Å². The van der Waals surface area contributed by atoms with E-state index in [1.165, 1.54) is 0 Å². The quantitative estimate of drug-likeness (QED) is 0.403. The summed E-state index contributed by atoms with van der Waals surface area (Å²) in [7, 11) is 0. The number of rotatable bonds is 0. The van der Waals surface area contributed by atoms with E-state index in [1.807, 2.05) is 6.07 Å². The molecule has 0 heterocycles. The maximum Gasteiger partial charge on any atom is 0.0573 e. The summed E-state index contributed by atoms with van der Waals surface area (Å²) in [6.07, 6.45) is 0. The van der Waals surface area contributed by atoms with Gasteiger partial charge < -0.3 is 5.92 Å². The minimum absolute atomic E-state index is 0. The molecule has 1 unspecified atom stereocenters. The SMILES string of the molecule is [CH2-]C#CC(C)C#N.[Y]. The van der Waals surface area contributed by atoms with Gasteiger partial charge in [0.25, 0.3) is 0 Å². The summed E-state index contributed by atoms with van der Waals surface area (Å²) in [6.45, 7) is 5.00. The molecule has 0 saturated carbocycles. The maximum atomic E-state index is 8.09. The van der Waals surface area contributed by atoms with E-state index in [0.29, 0.717) is 0 Å². The van der Waals surface area contributed by atoms with Gasteiger partial charge >= 0.3 is 0 Å². The molecule has 0 bridgehead atoms. The van der Waals surface area contributed by atoms with E-state index in [-0.39, 0.29) is 38.6 Å². The summed E-state index contributed by atoms with van der Waals surface area (Å²) in [5.41, 5.74) is 0. The smallest absolute Gasteiger partial charge is 0.0573 e. The van der Waals surface area contributed by atoms with Crippen LogP contribution in [0.5, 0.6) is 0 Å². The predicted octanol–water partition coefficient (Wildman–Crippen LogP) is 0.981. The summed E-state index contributed by atoms with van der Waals surface area (Å²) in [5.74, 6) is 4.80. The zero-order chi connectivity index (χ0) is 5.70. The number of hydrogen-bond acceptors (Lipinski definition) is 1. The van der Waals surface area contributed by atoms with Gasteiger partial charge in [-0.15, -0.1) is 0 Å². The summed E-state index contributed by atoms with van der Waals surface area (Å²) in [6, 6.07) is 1.95. The summed E-state index contributed by atoms with van der Waals surface area (Å²) >= 11 is 0. The van der Waals surface area contributed by atoms with Gasteiger partial charge in [0.15, 0.2) is 0 Å². The Labute approximate surface area is 75.3 Å². The van der Waals surface area contributed by atoms with Gasteiger partial charge in [0, 0.05) is 38.6 Å². The third kappa shape index (κ3) is 6.02. The summed E-state index contributed by atoms with van der Waals surface area (Å²) < 4.78 is 0. The fraction of sp³-hybridized carbons (Fsp3) is 0.333. The molecule has 0 aromatic heterocycles. The van der Waals surface area contributed by atoms with Crippen molar-refractivity contribution in [3.05, 3.63) is 6.92 Å². The van der Waals surface area contributed by atoms with Crippen LogP contribution in [-0.4, -0.2) is 0 Å². The molecule has 0 fully saturated rings. The standard InChI is InChI=1S/C6H6N.Y/c1-3-4-6(2)5-7;/h6H,1H2,2H3;/q-1;. The van der Waals surface area contributed by atoms with Gasteiger partial charge in [-0.05, 0) is 0 Å². The molecule has 8 heavy (non-hydrogen) atoms. The van der Waals surface area contributed by atoms with E-state index in [2.05, 4.69) is 18.8 Å². The topological polar surface area (TPSA) is 23.8 Å². The fourth-order valence-corrected chi connectivity index (χ4v) is 0.185. The maximum absolute atomic E-state index is 8.09. The van der Waals surface area contributed by atoms with Crippen LogP contribution in [0.4, 0.5) is 0 Å². The zero-order valence-corrected chi connectivity index (χ0v) is 7.65. The molecule has 0 aromatic carbocycles. The molecule has 0 N–H and O–H groups in total. The zero-order valence-electron chi connectivity index (χ0n) is 4.81. The Kier molecular flexibility index (Phi) is 9.58. The molecule has 0 amide bonds. The van der Waals surface area contributed by atoms with Gasteiger partial charge in [-0.25, -0.2) is 0 Å². The molecule has 1 nitrogen and oxygen atoms in total. The third-order valence-electron chi connectivity index (χ3n) is 0.512. The Bertz CT molecular complexity index is 135. The van der Waals surface area contributed by atoms with Crippen molar-refractivity contribution in [2.75, 3.05) is 0 Å². The minimum Gasteiger partial charge on any atom is -0.310 e. The first-order valence-electron chi connectivity index (χ1n) is 1.98. The van der Waals surface area contributed by atoms with Crippen LogP contribution in [0, 0.1) is 36.0 Å². The predicted molar refractivity (Wildman–Crippen MR) is 27.9 cm³/mol. The monoisotopic (exact) mass is 181 g/mol. The minimum atomic E-state index is -0.169. The second-order valence-corrected chi connectivity index (χ2v) is 1.17. The summed E-state index contributed by atoms with van der Waals surface area (Å²) in [4.78, 5) is 0. The molecule has 0 aliphatic carbocycles. The van der Waals surface area contributed by atoms with Gasteiger partial charge in [0.2, 0.25) is 0 Å². The van der Waals surface area contributed by atoms with Gasteiger partial charge in [-0.3, -0.25) is 5.92 Å². The van der Waals surface area contributed by atoms with Gasteiger partial charge in [-0.2, -0.15) is 12.2 Å².